The van der Waals surface area contributed by atoms with Gasteiger partial charge in [0.25, 0.3) is 0 Å². The zero-order valence-corrected chi connectivity index (χ0v) is 12.9. The molecule has 4 heteroatoms. The fourth-order valence-corrected chi connectivity index (χ4v) is 2.24. The molecule has 23 heavy (non-hydrogen) atoms. The van der Waals surface area contributed by atoms with Crippen LogP contribution in [-0.4, -0.2) is 16.9 Å². The number of benzene rings is 2. The Bertz CT molecular complexity index is 632. The molecular formula is C19H20O4. The summed E-state index contributed by atoms with van der Waals surface area (Å²) in [6.07, 6.45) is 1.34. The highest BCUT2D eigenvalue weighted by Gasteiger charge is 2.07. The number of carbonyl (C=O) groups is 2. The van der Waals surface area contributed by atoms with Crippen LogP contribution in [0.1, 0.15) is 30.4 Å². The van der Waals surface area contributed by atoms with Gasteiger partial charge in [0.1, 0.15) is 24.6 Å². The van der Waals surface area contributed by atoms with Gasteiger partial charge in [-0.2, -0.15) is 0 Å². The third kappa shape index (κ3) is 6.34. The third-order valence-corrected chi connectivity index (χ3v) is 3.44. The monoisotopic (exact) mass is 312 g/mol. The third-order valence-electron chi connectivity index (χ3n) is 3.44. The number of aryl methyl sites for hydroxylation is 1. The highest BCUT2D eigenvalue weighted by Crippen LogP contribution is 2.15. The first-order valence-electron chi connectivity index (χ1n) is 7.62. The zero-order chi connectivity index (χ0) is 16.5. The van der Waals surface area contributed by atoms with E-state index in [1.54, 1.807) is 0 Å². The molecule has 2 aromatic carbocycles. The molecule has 0 aromatic heterocycles. The summed E-state index contributed by atoms with van der Waals surface area (Å²) in [5.74, 6) is -0.477. The van der Waals surface area contributed by atoms with Crippen molar-refractivity contribution >= 4 is 11.8 Å². The molecule has 0 aliphatic rings. The average Bonchev–Trinajstić information content (AvgIpc) is 2.54. The van der Waals surface area contributed by atoms with Gasteiger partial charge >= 0.3 is 5.97 Å². The Morgan fingerprint density at radius 1 is 0.913 bits per heavy atom. The number of carboxylic acids is 1. The fourth-order valence-electron chi connectivity index (χ4n) is 2.24. The molecule has 2 aromatic rings. The molecule has 0 saturated heterocycles. The molecule has 0 unspecified atom stereocenters. The summed E-state index contributed by atoms with van der Waals surface area (Å²) in [6, 6.07) is 17.7. The maximum Gasteiger partial charge on any atom is 0.310 e. The van der Waals surface area contributed by atoms with Gasteiger partial charge in [0, 0.05) is 6.42 Å². The summed E-state index contributed by atoms with van der Waals surface area (Å²) in [6.45, 7) is 0.532. The largest absolute Gasteiger partial charge is 0.489 e. The van der Waals surface area contributed by atoms with Gasteiger partial charge in [-0.15, -0.1) is 0 Å². The van der Waals surface area contributed by atoms with E-state index >= 15 is 0 Å². The van der Waals surface area contributed by atoms with E-state index in [9.17, 15) is 9.59 Å². The summed E-state index contributed by atoms with van der Waals surface area (Å²) in [5.41, 5.74) is 2.23. The van der Waals surface area contributed by atoms with Crippen molar-refractivity contribution < 1.29 is 19.4 Å². The maximum absolute atomic E-state index is 11.3. The number of aliphatic carboxylic acids is 1. The van der Waals surface area contributed by atoms with Gasteiger partial charge < -0.3 is 9.84 Å². The predicted octanol–water partition coefficient (Wildman–Crippen LogP) is 3.63. The molecule has 0 atom stereocenters. The number of hydrogen-bond donors (Lipinski definition) is 1. The second-order valence-electron chi connectivity index (χ2n) is 5.38. The van der Waals surface area contributed by atoms with Gasteiger partial charge in [0.05, 0.1) is 0 Å². The Hall–Kier alpha value is -2.62. The number of carbonyl (C=O) groups excluding carboxylic acids is 1. The van der Waals surface area contributed by atoms with Crippen molar-refractivity contribution in [2.45, 2.75) is 32.3 Å². The van der Waals surface area contributed by atoms with Gasteiger partial charge in [0.2, 0.25) is 0 Å². The van der Waals surface area contributed by atoms with Crippen LogP contribution in [0.25, 0.3) is 0 Å². The van der Waals surface area contributed by atoms with Crippen molar-refractivity contribution in [3.63, 3.8) is 0 Å². The topological polar surface area (TPSA) is 63.6 Å². The lowest BCUT2D eigenvalue weighted by Gasteiger charge is -2.07. The van der Waals surface area contributed by atoms with E-state index in [1.165, 1.54) is 0 Å². The van der Waals surface area contributed by atoms with Gasteiger partial charge in [-0.3, -0.25) is 9.59 Å². The summed E-state index contributed by atoms with van der Waals surface area (Å²) < 4.78 is 5.71. The molecule has 2 rings (SSSR count). The molecule has 0 aliphatic heterocycles. The maximum atomic E-state index is 11.3. The van der Waals surface area contributed by atoms with Gasteiger partial charge in [-0.05, 0) is 36.1 Å². The van der Waals surface area contributed by atoms with Crippen LogP contribution in [0.4, 0.5) is 0 Å². The van der Waals surface area contributed by atoms with Crippen LogP contribution >= 0.6 is 0 Å². The number of carboxylic acid groups (broad SMARTS) is 1. The van der Waals surface area contributed by atoms with Crippen molar-refractivity contribution in [3.8, 4) is 5.75 Å². The van der Waals surface area contributed by atoms with Gasteiger partial charge in [0.15, 0.2) is 0 Å². The van der Waals surface area contributed by atoms with E-state index in [1.807, 2.05) is 54.6 Å². The van der Waals surface area contributed by atoms with Crippen LogP contribution in [0.15, 0.2) is 54.6 Å². The normalized spacial score (nSPS) is 10.3. The molecular weight excluding hydrogens is 292 g/mol. The molecule has 0 bridgehead atoms. The van der Waals surface area contributed by atoms with E-state index in [-0.39, 0.29) is 12.2 Å². The standard InChI is InChI=1S/C19H20O4/c20-17(13-19(21)22)8-4-7-15-9-11-18(12-10-15)23-14-16-5-2-1-3-6-16/h1-3,5-6,9-12H,4,7-8,13-14H2,(H,21,22). The molecule has 0 amide bonds. The van der Waals surface area contributed by atoms with Crippen molar-refractivity contribution in [2.75, 3.05) is 0 Å². The Morgan fingerprint density at radius 2 is 1.61 bits per heavy atom. The number of rotatable bonds is 9. The SMILES string of the molecule is O=C(O)CC(=O)CCCc1ccc(OCc2ccccc2)cc1. The molecule has 0 saturated carbocycles. The van der Waals surface area contributed by atoms with Crippen molar-refractivity contribution in [1.82, 2.24) is 0 Å². The molecule has 1 N–H and O–H groups in total. The molecule has 0 aliphatic carbocycles. The number of ether oxygens (including phenoxy) is 1. The van der Waals surface area contributed by atoms with E-state index in [2.05, 4.69) is 0 Å². The van der Waals surface area contributed by atoms with E-state index in [0.717, 1.165) is 23.3 Å². The number of hydrogen-bond acceptors (Lipinski definition) is 3. The minimum absolute atomic E-state index is 0.222. The van der Waals surface area contributed by atoms with Crippen LogP contribution in [0.5, 0.6) is 5.75 Å². The van der Waals surface area contributed by atoms with Crippen LogP contribution < -0.4 is 4.74 Å². The van der Waals surface area contributed by atoms with E-state index in [4.69, 9.17) is 9.84 Å². The second kappa shape index (κ2) is 8.73. The van der Waals surface area contributed by atoms with Crippen molar-refractivity contribution in [2.24, 2.45) is 0 Å². The first-order valence-corrected chi connectivity index (χ1v) is 7.62. The first kappa shape index (κ1) is 16.7. The Labute approximate surface area is 135 Å². The van der Waals surface area contributed by atoms with Gasteiger partial charge in [-0.1, -0.05) is 42.5 Å². The Balaban J connectivity index is 1.74. The highest BCUT2D eigenvalue weighted by atomic mass is 16.5. The number of ketones is 1. The quantitative estimate of drug-likeness (QED) is 0.718. The molecule has 0 spiro atoms. The minimum Gasteiger partial charge on any atom is -0.489 e. The highest BCUT2D eigenvalue weighted by molar-refractivity contribution is 5.94. The molecule has 0 fully saturated rings. The zero-order valence-electron chi connectivity index (χ0n) is 12.9. The van der Waals surface area contributed by atoms with E-state index in [0.29, 0.717) is 19.4 Å². The molecule has 120 valence electrons. The minimum atomic E-state index is -1.06. The first-order chi connectivity index (χ1) is 11.1. The van der Waals surface area contributed by atoms with Crippen LogP contribution in [0.3, 0.4) is 0 Å². The summed E-state index contributed by atoms with van der Waals surface area (Å²) in [7, 11) is 0. The van der Waals surface area contributed by atoms with E-state index < -0.39 is 5.97 Å². The van der Waals surface area contributed by atoms with Crippen LogP contribution in [0.2, 0.25) is 0 Å². The van der Waals surface area contributed by atoms with Crippen LogP contribution in [0, 0.1) is 0 Å². The number of Topliss-reactive ketones (excluding diaryl/α,β-unsaturated/α-hetero) is 1. The van der Waals surface area contributed by atoms with Crippen LogP contribution in [-0.2, 0) is 22.6 Å². The molecule has 0 radical (unpaired) electrons. The Kier molecular flexibility index (Phi) is 6.36. The molecule has 4 nitrogen and oxygen atoms in total. The fraction of sp³-hybridized carbons (Fsp3) is 0.263. The summed E-state index contributed by atoms with van der Waals surface area (Å²) in [4.78, 5) is 21.7. The van der Waals surface area contributed by atoms with Crippen molar-refractivity contribution in [3.05, 3.63) is 65.7 Å². The summed E-state index contributed by atoms with van der Waals surface area (Å²) in [5, 5.41) is 8.53. The molecule has 0 heterocycles. The average molecular weight is 312 g/mol. The lowest BCUT2D eigenvalue weighted by molar-refractivity contribution is -0.140. The lowest BCUT2D eigenvalue weighted by Crippen LogP contribution is -2.06. The predicted molar refractivity (Wildman–Crippen MR) is 87.4 cm³/mol. The smallest absolute Gasteiger partial charge is 0.310 e. The summed E-state index contributed by atoms with van der Waals surface area (Å²) >= 11 is 0. The second-order valence-corrected chi connectivity index (χ2v) is 5.38. The lowest BCUT2D eigenvalue weighted by atomic mass is 10.1. The van der Waals surface area contributed by atoms with Crippen molar-refractivity contribution in [1.29, 1.82) is 0 Å². The Morgan fingerprint density at radius 3 is 2.26 bits per heavy atom. The van der Waals surface area contributed by atoms with Gasteiger partial charge in [-0.25, -0.2) is 0 Å².